The van der Waals surface area contributed by atoms with Gasteiger partial charge in [-0.2, -0.15) is 5.10 Å². The highest BCUT2D eigenvalue weighted by atomic mass is 16.5. The molecule has 2 N–H and O–H groups in total. The van der Waals surface area contributed by atoms with Crippen molar-refractivity contribution in [1.82, 2.24) is 34.6 Å². The number of rotatable bonds is 8. The SMILES string of the molecule is O=C1CCC(N2C(=O)c3ccc(CCN4CCC(N5Cc6cc(NC(=O)c7cnn8cccnc78)c(N7CCOCC7)cc6C5=O)CC4)cc3C2=O)C(=O)N1. The highest BCUT2D eigenvalue weighted by molar-refractivity contribution is 6.23. The number of anilines is 2. The minimum absolute atomic E-state index is 0.00336. The fourth-order valence-corrected chi connectivity index (χ4v) is 8.43. The van der Waals surface area contributed by atoms with Gasteiger partial charge < -0.3 is 24.8 Å². The maximum absolute atomic E-state index is 14.0. The molecule has 16 heteroatoms. The van der Waals surface area contributed by atoms with Gasteiger partial charge >= 0.3 is 0 Å². The Balaban J connectivity index is 0.844. The number of amides is 6. The Morgan fingerprint density at radius 2 is 1.71 bits per heavy atom. The van der Waals surface area contributed by atoms with Gasteiger partial charge in [0.25, 0.3) is 23.6 Å². The Hall–Kier alpha value is -6.00. The van der Waals surface area contributed by atoms with Crippen molar-refractivity contribution in [3.8, 4) is 0 Å². The van der Waals surface area contributed by atoms with Crippen LogP contribution in [0.25, 0.3) is 5.65 Å². The van der Waals surface area contributed by atoms with Crippen molar-refractivity contribution in [2.75, 3.05) is 56.2 Å². The van der Waals surface area contributed by atoms with Crippen LogP contribution in [0.2, 0.25) is 0 Å². The maximum atomic E-state index is 14.0. The third kappa shape index (κ3) is 6.30. The number of benzene rings is 2. The van der Waals surface area contributed by atoms with Crippen LogP contribution in [0.15, 0.2) is 55.0 Å². The Labute approximate surface area is 315 Å². The van der Waals surface area contributed by atoms with E-state index >= 15 is 0 Å². The highest BCUT2D eigenvalue weighted by Gasteiger charge is 2.44. The van der Waals surface area contributed by atoms with Crippen molar-refractivity contribution in [2.45, 2.75) is 50.7 Å². The van der Waals surface area contributed by atoms with E-state index in [1.54, 1.807) is 35.1 Å². The number of piperidine rings is 2. The molecule has 1 unspecified atom stereocenters. The molecule has 0 saturated carbocycles. The molecule has 5 aliphatic heterocycles. The maximum Gasteiger partial charge on any atom is 0.262 e. The number of aromatic nitrogens is 3. The van der Waals surface area contributed by atoms with Crippen LogP contribution in [0.3, 0.4) is 0 Å². The number of carbonyl (C=O) groups is 6. The largest absolute Gasteiger partial charge is 0.378 e. The first-order valence-electron chi connectivity index (χ1n) is 18.7. The zero-order valence-corrected chi connectivity index (χ0v) is 30.0. The summed E-state index contributed by atoms with van der Waals surface area (Å²) in [6.45, 7) is 5.17. The monoisotopic (exact) mass is 745 g/mol. The Morgan fingerprint density at radius 1 is 0.909 bits per heavy atom. The number of ether oxygens (including phenoxy) is 1. The van der Waals surface area contributed by atoms with Gasteiger partial charge in [-0.3, -0.25) is 39.0 Å². The summed E-state index contributed by atoms with van der Waals surface area (Å²) >= 11 is 0. The molecule has 55 heavy (non-hydrogen) atoms. The predicted octanol–water partition coefficient (Wildman–Crippen LogP) is 1.88. The minimum atomic E-state index is -0.994. The quantitative estimate of drug-likeness (QED) is 0.252. The number of fused-ring (bicyclic) bond motifs is 3. The molecule has 0 radical (unpaired) electrons. The van der Waals surface area contributed by atoms with Gasteiger partial charge in [-0.05, 0) is 67.1 Å². The average molecular weight is 746 g/mol. The minimum Gasteiger partial charge on any atom is -0.378 e. The Morgan fingerprint density at radius 3 is 2.51 bits per heavy atom. The normalized spacial score (nSPS) is 20.7. The fraction of sp³-hybridized carbons (Fsp3) is 0.385. The fourth-order valence-electron chi connectivity index (χ4n) is 8.43. The third-order valence-electron chi connectivity index (χ3n) is 11.4. The van der Waals surface area contributed by atoms with Gasteiger partial charge in [0.15, 0.2) is 5.65 Å². The van der Waals surface area contributed by atoms with Gasteiger partial charge in [-0.25, -0.2) is 9.50 Å². The number of hydrogen-bond acceptors (Lipinski definition) is 11. The first-order chi connectivity index (χ1) is 26.7. The predicted molar refractivity (Wildman–Crippen MR) is 197 cm³/mol. The van der Waals surface area contributed by atoms with Gasteiger partial charge in [-0.1, -0.05) is 6.07 Å². The summed E-state index contributed by atoms with van der Waals surface area (Å²) in [5, 5.41) is 9.59. The molecule has 9 rings (SSSR count). The van der Waals surface area contributed by atoms with Crippen LogP contribution in [0.4, 0.5) is 11.4 Å². The molecule has 1 atom stereocenters. The van der Waals surface area contributed by atoms with E-state index in [1.165, 1.54) is 6.20 Å². The standard InChI is InChI=1S/C39H39N9O7/c49-33-5-4-31(36(51)43-33)48-38(53)26-3-2-23(18-28(26)39(48)54)6-11-44-12-7-25(8-13-44)46-22-24-19-30(32(20-27(24)37(46)52)45-14-16-55-17-15-45)42-35(50)29-21-41-47-10-1-9-40-34(29)47/h1-3,9-10,18-21,25,31H,4-8,11-17,22H2,(H,42,50)(H,43,49,51). The van der Waals surface area contributed by atoms with Gasteiger partial charge in [0, 0.05) is 69.7 Å². The molecule has 3 saturated heterocycles. The molecule has 4 aromatic rings. The third-order valence-corrected chi connectivity index (χ3v) is 11.4. The average Bonchev–Trinajstić information content (AvgIpc) is 3.85. The molecule has 0 spiro atoms. The molecule has 2 aromatic heterocycles. The van der Waals surface area contributed by atoms with Crippen LogP contribution in [-0.2, 0) is 27.3 Å². The summed E-state index contributed by atoms with van der Waals surface area (Å²) in [6.07, 6.45) is 7.33. The summed E-state index contributed by atoms with van der Waals surface area (Å²) < 4.78 is 7.15. The van der Waals surface area contributed by atoms with Crippen LogP contribution in [0, 0.1) is 0 Å². The molecule has 7 heterocycles. The van der Waals surface area contributed by atoms with Gasteiger partial charge in [-0.15, -0.1) is 0 Å². The van der Waals surface area contributed by atoms with Gasteiger partial charge in [0.05, 0.1) is 41.9 Å². The van der Waals surface area contributed by atoms with E-state index in [2.05, 4.69) is 30.5 Å². The molecule has 16 nitrogen and oxygen atoms in total. The molecule has 0 bridgehead atoms. The van der Waals surface area contributed by atoms with Crippen molar-refractivity contribution < 1.29 is 33.5 Å². The van der Waals surface area contributed by atoms with Gasteiger partial charge in [0.1, 0.15) is 11.6 Å². The Bertz CT molecular complexity index is 2270. The molecule has 3 fully saturated rings. The highest BCUT2D eigenvalue weighted by Crippen LogP contribution is 2.37. The summed E-state index contributed by atoms with van der Waals surface area (Å²) in [5.74, 6) is -2.39. The topological polar surface area (TPSA) is 179 Å². The lowest BCUT2D eigenvalue weighted by Crippen LogP contribution is -2.54. The lowest BCUT2D eigenvalue weighted by atomic mass is 10.0. The number of nitrogens with one attached hydrogen (secondary N) is 2. The van der Waals surface area contributed by atoms with Crippen LogP contribution >= 0.6 is 0 Å². The second-order valence-corrected chi connectivity index (χ2v) is 14.6. The molecule has 0 aliphatic carbocycles. The van der Waals surface area contributed by atoms with E-state index in [0.29, 0.717) is 61.7 Å². The number of imide groups is 2. The van der Waals surface area contributed by atoms with Crippen LogP contribution in [-0.4, -0.2) is 123 Å². The van der Waals surface area contributed by atoms with Crippen molar-refractivity contribution in [3.05, 3.63) is 88.4 Å². The number of hydrogen-bond donors (Lipinski definition) is 2. The van der Waals surface area contributed by atoms with Crippen molar-refractivity contribution in [2.24, 2.45) is 0 Å². The smallest absolute Gasteiger partial charge is 0.262 e. The van der Waals surface area contributed by atoms with E-state index in [-0.39, 0.29) is 41.8 Å². The Kier molecular flexibility index (Phi) is 8.85. The second-order valence-electron chi connectivity index (χ2n) is 14.6. The molecule has 6 amide bonds. The molecular weight excluding hydrogens is 706 g/mol. The van der Waals surface area contributed by atoms with E-state index in [9.17, 15) is 28.8 Å². The van der Waals surface area contributed by atoms with Crippen molar-refractivity contribution >= 4 is 52.5 Å². The summed E-state index contributed by atoms with van der Waals surface area (Å²) in [5.41, 5.74) is 5.22. The summed E-state index contributed by atoms with van der Waals surface area (Å²) in [6, 6.07) is 9.91. The lowest BCUT2D eigenvalue weighted by Gasteiger charge is -2.36. The number of morpholine rings is 1. The zero-order chi connectivity index (χ0) is 37.8. The first-order valence-corrected chi connectivity index (χ1v) is 18.7. The van der Waals surface area contributed by atoms with E-state index in [4.69, 9.17) is 4.74 Å². The molecular formula is C39H39N9O7. The van der Waals surface area contributed by atoms with Crippen LogP contribution in [0.5, 0.6) is 0 Å². The lowest BCUT2D eigenvalue weighted by molar-refractivity contribution is -0.136. The van der Waals surface area contributed by atoms with E-state index in [0.717, 1.165) is 54.2 Å². The van der Waals surface area contributed by atoms with E-state index in [1.807, 2.05) is 23.1 Å². The summed E-state index contributed by atoms with van der Waals surface area (Å²) in [7, 11) is 0. The van der Waals surface area contributed by atoms with Gasteiger partial charge in [0.2, 0.25) is 11.8 Å². The second kappa shape index (κ2) is 14.0. The number of likely N-dealkylation sites (tertiary alicyclic amines) is 1. The zero-order valence-electron chi connectivity index (χ0n) is 30.0. The van der Waals surface area contributed by atoms with Crippen LogP contribution in [0.1, 0.15) is 78.2 Å². The molecule has 2 aromatic carbocycles. The van der Waals surface area contributed by atoms with Crippen LogP contribution < -0.4 is 15.5 Å². The first kappa shape index (κ1) is 34.7. The molecule has 282 valence electrons. The van der Waals surface area contributed by atoms with Crippen molar-refractivity contribution in [1.29, 1.82) is 0 Å². The van der Waals surface area contributed by atoms with Crippen molar-refractivity contribution in [3.63, 3.8) is 0 Å². The number of nitrogens with zero attached hydrogens (tertiary/aromatic N) is 7. The molecule has 5 aliphatic rings. The van der Waals surface area contributed by atoms with E-state index < -0.39 is 29.7 Å². The summed E-state index contributed by atoms with van der Waals surface area (Å²) in [4.78, 5) is 89.7. The number of carbonyl (C=O) groups excluding carboxylic acids is 6.